The maximum absolute atomic E-state index is 12.6. The van der Waals surface area contributed by atoms with Crippen molar-refractivity contribution in [1.29, 1.82) is 0 Å². The summed E-state index contributed by atoms with van der Waals surface area (Å²) in [6.45, 7) is 1.79. The summed E-state index contributed by atoms with van der Waals surface area (Å²) < 4.78 is 1.83. The zero-order chi connectivity index (χ0) is 20.4. The number of hydrogen-bond acceptors (Lipinski definition) is 7. The van der Waals surface area contributed by atoms with Crippen LogP contribution >= 0.6 is 11.8 Å². The summed E-state index contributed by atoms with van der Waals surface area (Å²) in [5.41, 5.74) is 1.53. The van der Waals surface area contributed by atoms with Gasteiger partial charge in [-0.1, -0.05) is 12.1 Å². The van der Waals surface area contributed by atoms with Crippen LogP contribution in [0.4, 0.5) is 11.4 Å². The number of nitro groups is 1. The highest BCUT2D eigenvalue weighted by Crippen LogP contribution is 2.37. The van der Waals surface area contributed by atoms with Gasteiger partial charge in [-0.2, -0.15) is 0 Å². The number of carbonyl (C=O) groups excluding carboxylic acids is 1. The summed E-state index contributed by atoms with van der Waals surface area (Å²) in [5.74, 6) is 0.532. The summed E-state index contributed by atoms with van der Waals surface area (Å²) in [6, 6.07) is 13.9. The molecule has 1 amide bonds. The van der Waals surface area contributed by atoms with Gasteiger partial charge in [0.1, 0.15) is 0 Å². The lowest BCUT2D eigenvalue weighted by molar-refractivity contribution is -0.384. The summed E-state index contributed by atoms with van der Waals surface area (Å²) in [6.07, 6.45) is 2.15. The molecule has 10 heteroatoms. The SMILES string of the molecule is CC(Sc1ccc([N+](=O)[O-])cc1)C(=O)Nc1cccc(-c2nnnn2C2CC2)c1. The van der Waals surface area contributed by atoms with Gasteiger partial charge in [0.25, 0.3) is 5.69 Å². The second-order valence-electron chi connectivity index (χ2n) is 6.76. The van der Waals surface area contributed by atoms with Gasteiger partial charge in [-0.25, -0.2) is 4.68 Å². The number of aromatic nitrogens is 4. The predicted octanol–water partition coefficient (Wildman–Crippen LogP) is 3.70. The number of amides is 1. The van der Waals surface area contributed by atoms with E-state index in [1.54, 1.807) is 19.1 Å². The zero-order valence-electron chi connectivity index (χ0n) is 15.6. The minimum atomic E-state index is -0.447. The second kappa shape index (κ2) is 8.00. The highest BCUT2D eigenvalue weighted by Gasteiger charge is 2.28. The van der Waals surface area contributed by atoms with Gasteiger partial charge in [0, 0.05) is 28.3 Å². The Morgan fingerprint density at radius 1 is 1.28 bits per heavy atom. The molecule has 1 aromatic heterocycles. The summed E-state index contributed by atoms with van der Waals surface area (Å²) >= 11 is 1.34. The van der Waals surface area contributed by atoms with Crippen molar-refractivity contribution in [3.05, 3.63) is 58.6 Å². The third-order valence-electron chi connectivity index (χ3n) is 4.50. The van der Waals surface area contributed by atoms with E-state index in [9.17, 15) is 14.9 Å². The molecule has 1 atom stereocenters. The van der Waals surface area contributed by atoms with E-state index in [-0.39, 0.29) is 16.8 Å². The van der Waals surface area contributed by atoms with Gasteiger partial charge in [-0.15, -0.1) is 16.9 Å². The molecular formula is C19H18N6O3S. The Morgan fingerprint density at radius 2 is 2.03 bits per heavy atom. The summed E-state index contributed by atoms with van der Waals surface area (Å²) in [4.78, 5) is 23.7. The topological polar surface area (TPSA) is 116 Å². The van der Waals surface area contributed by atoms with Crippen LogP contribution in [-0.4, -0.2) is 36.3 Å². The number of hydrogen-bond donors (Lipinski definition) is 1. The first-order valence-corrected chi connectivity index (χ1v) is 9.99. The molecule has 1 heterocycles. The van der Waals surface area contributed by atoms with E-state index in [1.165, 1.54) is 23.9 Å². The monoisotopic (exact) mass is 410 g/mol. The molecule has 0 spiro atoms. The number of nitrogens with one attached hydrogen (secondary N) is 1. The number of nitro benzene ring substituents is 1. The van der Waals surface area contributed by atoms with Crippen LogP contribution in [0.25, 0.3) is 11.4 Å². The summed E-state index contributed by atoms with van der Waals surface area (Å²) in [7, 11) is 0. The average Bonchev–Trinajstić information content (AvgIpc) is 3.44. The van der Waals surface area contributed by atoms with Crippen molar-refractivity contribution in [2.24, 2.45) is 0 Å². The Bertz CT molecular complexity index is 1050. The minimum Gasteiger partial charge on any atom is -0.325 e. The number of benzene rings is 2. The maximum Gasteiger partial charge on any atom is 0.269 e. The van der Waals surface area contributed by atoms with E-state index in [0.717, 1.165) is 23.3 Å². The Morgan fingerprint density at radius 3 is 2.72 bits per heavy atom. The van der Waals surface area contributed by atoms with Crippen molar-refractivity contribution in [2.45, 2.75) is 36.0 Å². The molecule has 1 fully saturated rings. The van der Waals surface area contributed by atoms with Crippen LogP contribution < -0.4 is 5.32 Å². The molecule has 4 rings (SSSR count). The lowest BCUT2D eigenvalue weighted by Crippen LogP contribution is -2.22. The van der Waals surface area contributed by atoms with Gasteiger partial charge in [-0.3, -0.25) is 14.9 Å². The van der Waals surface area contributed by atoms with Crippen LogP contribution in [-0.2, 0) is 4.79 Å². The van der Waals surface area contributed by atoms with Gasteiger partial charge in [0.05, 0.1) is 16.2 Å². The fraction of sp³-hybridized carbons (Fsp3) is 0.263. The minimum absolute atomic E-state index is 0.0248. The molecular weight excluding hydrogens is 392 g/mol. The Balaban J connectivity index is 1.42. The number of thioether (sulfide) groups is 1. The fourth-order valence-electron chi connectivity index (χ4n) is 2.83. The smallest absolute Gasteiger partial charge is 0.269 e. The van der Waals surface area contributed by atoms with Crippen molar-refractivity contribution in [3.8, 4) is 11.4 Å². The van der Waals surface area contributed by atoms with Gasteiger partial charge in [0.15, 0.2) is 5.82 Å². The molecule has 0 saturated heterocycles. The van der Waals surface area contributed by atoms with E-state index < -0.39 is 4.92 Å². The van der Waals surface area contributed by atoms with Crippen LogP contribution in [0.5, 0.6) is 0 Å². The molecule has 1 aliphatic carbocycles. The molecule has 3 aromatic rings. The van der Waals surface area contributed by atoms with Crippen LogP contribution in [0.15, 0.2) is 53.4 Å². The zero-order valence-corrected chi connectivity index (χ0v) is 16.4. The number of nitrogens with zero attached hydrogens (tertiary/aromatic N) is 5. The number of tetrazole rings is 1. The van der Waals surface area contributed by atoms with Crippen LogP contribution in [0, 0.1) is 10.1 Å². The van der Waals surface area contributed by atoms with E-state index in [2.05, 4.69) is 20.8 Å². The number of rotatable bonds is 7. The first kappa shape index (κ1) is 19.1. The molecule has 1 aliphatic rings. The van der Waals surface area contributed by atoms with Crippen molar-refractivity contribution in [1.82, 2.24) is 20.2 Å². The van der Waals surface area contributed by atoms with Crippen molar-refractivity contribution < 1.29 is 9.72 Å². The Hall–Kier alpha value is -3.27. The third-order valence-corrected chi connectivity index (χ3v) is 5.62. The molecule has 1 unspecified atom stereocenters. The Kier molecular flexibility index (Phi) is 5.26. The first-order valence-electron chi connectivity index (χ1n) is 9.11. The Labute approximate surface area is 170 Å². The number of carbonyl (C=O) groups is 1. The van der Waals surface area contributed by atoms with E-state index in [0.29, 0.717) is 17.6 Å². The summed E-state index contributed by atoms with van der Waals surface area (Å²) in [5, 5.41) is 25.2. The molecule has 0 aliphatic heterocycles. The fourth-order valence-corrected chi connectivity index (χ4v) is 3.70. The second-order valence-corrected chi connectivity index (χ2v) is 8.17. The average molecular weight is 410 g/mol. The van der Waals surface area contributed by atoms with E-state index in [1.807, 2.05) is 28.9 Å². The highest BCUT2D eigenvalue weighted by atomic mass is 32.2. The standard InChI is InChI=1S/C19H18N6O3S/c1-12(29-17-9-7-16(8-10-17)25(27)28)19(26)20-14-4-2-3-13(11-14)18-21-22-23-24(18)15-5-6-15/h2-4,7-12,15H,5-6H2,1H3,(H,20,26). The van der Waals surface area contributed by atoms with Crippen LogP contribution in [0.3, 0.4) is 0 Å². The lowest BCUT2D eigenvalue weighted by atomic mass is 10.2. The number of anilines is 1. The first-order chi connectivity index (χ1) is 14.0. The predicted molar refractivity (Wildman–Crippen MR) is 109 cm³/mol. The molecule has 0 bridgehead atoms. The van der Waals surface area contributed by atoms with Crippen LogP contribution in [0.2, 0.25) is 0 Å². The molecule has 148 valence electrons. The van der Waals surface area contributed by atoms with Crippen molar-refractivity contribution in [2.75, 3.05) is 5.32 Å². The molecule has 2 aromatic carbocycles. The third kappa shape index (κ3) is 4.43. The maximum atomic E-state index is 12.6. The lowest BCUT2D eigenvalue weighted by Gasteiger charge is -2.13. The molecule has 29 heavy (non-hydrogen) atoms. The normalized spacial score (nSPS) is 14.4. The van der Waals surface area contributed by atoms with Crippen LogP contribution in [0.1, 0.15) is 25.8 Å². The number of non-ortho nitro benzene ring substituents is 1. The molecule has 9 nitrogen and oxygen atoms in total. The van der Waals surface area contributed by atoms with Crippen molar-refractivity contribution in [3.63, 3.8) is 0 Å². The quantitative estimate of drug-likeness (QED) is 0.359. The highest BCUT2D eigenvalue weighted by molar-refractivity contribution is 8.00. The van der Waals surface area contributed by atoms with Gasteiger partial charge >= 0.3 is 0 Å². The van der Waals surface area contributed by atoms with Crippen molar-refractivity contribution >= 4 is 29.0 Å². The van der Waals surface area contributed by atoms with Gasteiger partial charge in [-0.05, 0) is 54.5 Å². The molecule has 0 radical (unpaired) electrons. The van der Waals surface area contributed by atoms with Gasteiger partial charge < -0.3 is 5.32 Å². The largest absolute Gasteiger partial charge is 0.325 e. The van der Waals surface area contributed by atoms with E-state index in [4.69, 9.17) is 0 Å². The molecule has 1 N–H and O–H groups in total. The van der Waals surface area contributed by atoms with Gasteiger partial charge in [0.2, 0.25) is 5.91 Å². The van der Waals surface area contributed by atoms with E-state index >= 15 is 0 Å². The molecule has 1 saturated carbocycles.